The summed E-state index contributed by atoms with van der Waals surface area (Å²) >= 11 is 0. The minimum atomic E-state index is 0.261. The molecule has 0 aromatic rings. The van der Waals surface area contributed by atoms with Crippen LogP contribution >= 0.6 is 0 Å². The highest BCUT2D eigenvalue weighted by Gasteiger charge is 2.39. The summed E-state index contributed by atoms with van der Waals surface area (Å²) in [4.78, 5) is 0. The lowest BCUT2D eigenvalue weighted by Crippen LogP contribution is -2.21. The monoisotopic (exact) mass is 138 g/mol. The van der Waals surface area contributed by atoms with Gasteiger partial charge in [-0.3, -0.25) is 0 Å². The second kappa shape index (κ2) is 2.01. The molecule has 1 aliphatic carbocycles. The first-order valence-corrected chi connectivity index (χ1v) is 4.18. The zero-order valence-electron chi connectivity index (χ0n) is 6.36. The number of rotatable bonds is 0. The standard InChI is InChI=1S/C9H14O/c1-8-4-7-9(10-8)5-2-3-6-9/h1-7H2. The fraction of sp³-hybridized carbons (Fsp3) is 0.778. The molecule has 1 nitrogen and oxygen atoms in total. The van der Waals surface area contributed by atoms with Gasteiger partial charge in [0, 0.05) is 6.42 Å². The Kier molecular flexibility index (Phi) is 1.26. The van der Waals surface area contributed by atoms with E-state index in [1.807, 2.05) is 0 Å². The quantitative estimate of drug-likeness (QED) is 0.500. The Balaban J connectivity index is 2.09. The summed E-state index contributed by atoms with van der Waals surface area (Å²) in [6, 6.07) is 0. The Morgan fingerprint density at radius 1 is 1.20 bits per heavy atom. The predicted octanol–water partition coefficient (Wildman–Crippen LogP) is 2.62. The Labute approximate surface area is 62.1 Å². The number of allylic oxidation sites excluding steroid dienone is 1. The average molecular weight is 138 g/mol. The van der Waals surface area contributed by atoms with Crippen molar-refractivity contribution in [1.29, 1.82) is 0 Å². The largest absolute Gasteiger partial charge is 0.492 e. The summed E-state index contributed by atoms with van der Waals surface area (Å²) in [7, 11) is 0. The fourth-order valence-electron chi connectivity index (χ4n) is 2.15. The van der Waals surface area contributed by atoms with E-state index in [1.54, 1.807) is 0 Å². The van der Waals surface area contributed by atoms with E-state index in [0.29, 0.717) is 0 Å². The molecule has 0 radical (unpaired) electrons. The molecule has 1 saturated heterocycles. The van der Waals surface area contributed by atoms with E-state index in [0.717, 1.165) is 12.2 Å². The van der Waals surface area contributed by atoms with Gasteiger partial charge in [-0.1, -0.05) is 6.58 Å². The highest BCUT2D eigenvalue weighted by molar-refractivity contribution is 5.01. The minimum absolute atomic E-state index is 0.261. The van der Waals surface area contributed by atoms with Crippen molar-refractivity contribution in [2.45, 2.75) is 44.1 Å². The molecule has 0 amide bonds. The third-order valence-corrected chi connectivity index (χ3v) is 2.74. The van der Waals surface area contributed by atoms with E-state index in [2.05, 4.69) is 6.58 Å². The molecule has 0 bridgehead atoms. The van der Waals surface area contributed by atoms with Crippen molar-refractivity contribution in [1.82, 2.24) is 0 Å². The van der Waals surface area contributed by atoms with E-state index in [4.69, 9.17) is 4.74 Å². The molecule has 0 aromatic heterocycles. The van der Waals surface area contributed by atoms with E-state index in [1.165, 1.54) is 32.1 Å². The summed E-state index contributed by atoms with van der Waals surface area (Å²) < 4.78 is 5.72. The average Bonchev–Trinajstić information content (AvgIpc) is 2.46. The number of ether oxygens (including phenoxy) is 1. The van der Waals surface area contributed by atoms with Crippen molar-refractivity contribution in [2.75, 3.05) is 0 Å². The molecule has 1 aliphatic heterocycles. The van der Waals surface area contributed by atoms with E-state index in [-0.39, 0.29) is 5.60 Å². The zero-order valence-corrected chi connectivity index (χ0v) is 6.36. The van der Waals surface area contributed by atoms with Gasteiger partial charge in [-0.2, -0.15) is 0 Å². The van der Waals surface area contributed by atoms with E-state index >= 15 is 0 Å². The number of hydrogen-bond donors (Lipinski definition) is 0. The van der Waals surface area contributed by atoms with Gasteiger partial charge >= 0.3 is 0 Å². The first-order chi connectivity index (χ1) is 4.81. The maximum Gasteiger partial charge on any atom is 0.109 e. The lowest BCUT2D eigenvalue weighted by atomic mass is 9.99. The van der Waals surface area contributed by atoms with Gasteiger partial charge < -0.3 is 4.74 Å². The van der Waals surface area contributed by atoms with Crippen LogP contribution < -0.4 is 0 Å². The predicted molar refractivity (Wildman–Crippen MR) is 40.7 cm³/mol. The molecule has 2 fully saturated rings. The smallest absolute Gasteiger partial charge is 0.109 e. The van der Waals surface area contributed by atoms with Gasteiger partial charge in [-0.05, 0) is 32.1 Å². The van der Waals surface area contributed by atoms with Gasteiger partial charge in [0.25, 0.3) is 0 Å². The van der Waals surface area contributed by atoms with Crippen LogP contribution in [-0.2, 0) is 4.74 Å². The SMILES string of the molecule is C=C1CCC2(CCCC2)O1. The van der Waals surface area contributed by atoms with Crippen LogP contribution in [-0.4, -0.2) is 5.60 Å². The van der Waals surface area contributed by atoms with Crippen LogP contribution in [0.15, 0.2) is 12.3 Å². The molecule has 10 heavy (non-hydrogen) atoms. The molecule has 0 N–H and O–H groups in total. The van der Waals surface area contributed by atoms with Gasteiger partial charge in [0.05, 0.1) is 5.76 Å². The Morgan fingerprint density at radius 3 is 2.40 bits per heavy atom. The molecular weight excluding hydrogens is 124 g/mol. The zero-order chi connectivity index (χ0) is 7.03. The number of hydrogen-bond acceptors (Lipinski definition) is 1. The minimum Gasteiger partial charge on any atom is -0.492 e. The Hall–Kier alpha value is -0.460. The lowest BCUT2D eigenvalue weighted by molar-refractivity contribution is 0.0473. The molecule has 1 saturated carbocycles. The molecule has 2 rings (SSSR count). The molecule has 0 aromatic carbocycles. The summed E-state index contributed by atoms with van der Waals surface area (Å²) in [5, 5.41) is 0. The van der Waals surface area contributed by atoms with Crippen LogP contribution in [0, 0.1) is 0 Å². The van der Waals surface area contributed by atoms with Crippen molar-refractivity contribution >= 4 is 0 Å². The second-order valence-corrected chi connectivity index (χ2v) is 3.53. The van der Waals surface area contributed by atoms with Crippen LogP contribution in [0.25, 0.3) is 0 Å². The lowest BCUT2D eigenvalue weighted by Gasteiger charge is -2.21. The van der Waals surface area contributed by atoms with Crippen LogP contribution in [0.2, 0.25) is 0 Å². The fourth-order valence-corrected chi connectivity index (χ4v) is 2.15. The third kappa shape index (κ3) is 0.845. The van der Waals surface area contributed by atoms with Gasteiger partial charge in [-0.15, -0.1) is 0 Å². The first-order valence-electron chi connectivity index (χ1n) is 4.18. The maximum absolute atomic E-state index is 5.72. The molecular formula is C9H14O. The van der Waals surface area contributed by atoms with Gasteiger partial charge in [-0.25, -0.2) is 0 Å². The van der Waals surface area contributed by atoms with Crippen molar-refractivity contribution in [3.63, 3.8) is 0 Å². The molecule has 0 unspecified atom stereocenters. The summed E-state index contributed by atoms with van der Waals surface area (Å²) in [6.07, 6.45) is 7.57. The highest BCUT2D eigenvalue weighted by Crippen LogP contribution is 2.43. The van der Waals surface area contributed by atoms with Gasteiger partial charge in [0.15, 0.2) is 0 Å². The molecule has 56 valence electrons. The van der Waals surface area contributed by atoms with Gasteiger partial charge in [0.2, 0.25) is 0 Å². The van der Waals surface area contributed by atoms with E-state index < -0.39 is 0 Å². The maximum atomic E-state index is 5.72. The first kappa shape index (κ1) is 6.26. The topological polar surface area (TPSA) is 9.23 Å². The van der Waals surface area contributed by atoms with Gasteiger partial charge in [0.1, 0.15) is 5.60 Å². The van der Waals surface area contributed by atoms with Crippen molar-refractivity contribution < 1.29 is 4.74 Å². The van der Waals surface area contributed by atoms with Crippen molar-refractivity contribution in [3.8, 4) is 0 Å². The molecule has 1 heterocycles. The molecule has 2 aliphatic rings. The van der Waals surface area contributed by atoms with Crippen LogP contribution in [0.3, 0.4) is 0 Å². The highest BCUT2D eigenvalue weighted by atomic mass is 16.5. The van der Waals surface area contributed by atoms with E-state index in [9.17, 15) is 0 Å². The van der Waals surface area contributed by atoms with Crippen LogP contribution in [0.5, 0.6) is 0 Å². The Morgan fingerprint density at radius 2 is 1.90 bits per heavy atom. The summed E-state index contributed by atoms with van der Waals surface area (Å²) in [5.74, 6) is 1.02. The third-order valence-electron chi connectivity index (χ3n) is 2.74. The summed E-state index contributed by atoms with van der Waals surface area (Å²) in [5.41, 5.74) is 0.261. The molecule has 1 spiro atoms. The molecule has 1 heteroatoms. The van der Waals surface area contributed by atoms with Crippen molar-refractivity contribution in [3.05, 3.63) is 12.3 Å². The summed E-state index contributed by atoms with van der Waals surface area (Å²) in [6.45, 7) is 3.85. The Bertz CT molecular complexity index is 154. The van der Waals surface area contributed by atoms with Crippen LogP contribution in [0.4, 0.5) is 0 Å². The van der Waals surface area contributed by atoms with Crippen molar-refractivity contribution in [2.24, 2.45) is 0 Å². The second-order valence-electron chi connectivity index (χ2n) is 3.53. The van der Waals surface area contributed by atoms with Crippen LogP contribution in [0.1, 0.15) is 38.5 Å². The normalized spacial score (nSPS) is 29.4. The molecule has 0 atom stereocenters.